The third-order valence-corrected chi connectivity index (χ3v) is 4.26. The van der Waals surface area contributed by atoms with E-state index in [0.717, 1.165) is 13.0 Å². The Bertz CT molecular complexity index is 398. The number of piperidine rings is 1. The van der Waals surface area contributed by atoms with E-state index in [1.807, 2.05) is 0 Å². The minimum Gasteiger partial charge on any atom is -0.326 e. The van der Waals surface area contributed by atoms with Gasteiger partial charge < -0.3 is 5.73 Å². The number of aryl methyl sites for hydroxylation is 1. The summed E-state index contributed by atoms with van der Waals surface area (Å²) in [6, 6.07) is 7.32. The molecule has 1 fully saturated rings. The summed E-state index contributed by atoms with van der Waals surface area (Å²) in [5.41, 5.74) is 10.6. The fourth-order valence-corrected chi connectivity index (χ4v) is 3.16. The first kappa shape index (κ1) is 13.6. The van der Waals surface area contributed by atoms with Gasteiger partial charge in [0.05, 0.1) is 6.04 Å². The minimum atomic E-state index is 0.283. The zero-order valence-corrected chi connectivity index (χ0v) is 11.9. The monoisotopic (exact) mass is 246 g/mol. The minimum absolute atomic E-state index is 0.283. The molecule has 18 heavy (non-hydrogen) atoms. The number of nitrogens with zero attached hydrogens (tertiary/aromatic N) is 1. The van der Waals surface area contributed by atoms with Gasteiger partial charge in [-0.3, -0.25) is 4.90 Å². The van der Waals surface area contributed by atoms with Crippen molar-refractivity contribution in [2.24, 2.45) is 5.73 Å². The molecule has 2 N–H and O–H groups in total. The molecule has 2 rings (SSSR count). The molecule has 1 aromatic rings. The van der Waals surface area contributed by atoms with E-state index in [4.69, 9.17) is 5.73 Å². The van der Waals surface area contributed by atoms with Crippen LogP contribution in [-0.2, 0) is 0 Å². The van der Waals surface area contributed by atoms with Gasteiger partial charge in [-0.15, -0.1) is 0 Å². The van der Waals surface area contributed by atoms with Gasteiger partial charge in [-0.2, -0.15) is 0 Å². The van der Waals surface area contributed by atoms with Gasteiger partial charge in [-0.1, -0.05) is 25.1 Å². The van der Waals surface area contributed by atoms with Gasteiger partial charge >= 0.3 is 0 Å². The Balaban J connectivity index is 2.34. The summed E-state index contributed by atoms with van der Waals surface area (Å²) in [5.74, 6) is 0. The number of likely N-dealkylation sites (tertiary alicyclic amines) is 1. The van der Waals surface area contributed by atoms with E-state index in [2.05, 4.69) is 43.9 Å². The molecular formula is C16H26N2. The van der Waals surface area contributed by atoms with E-state index in [1.165, 1.54) is 36.1 Å². The Labute approximate surface area is 111 Å². The number of rotatable bonds is 3. The maximum absolute atomic E-state index is 6.41. The number of benzene rings is 1. The molecule has 0 radical (unpaired) electrons. The Hall–Kier alpha value is -0.860. The lowest BCUT2D eigenvalue weighted by Gasteiger charge is -2.41. The lowest BCUT2D eigenvalue weighted by atomic mass is 9.87. The first-order valence-corrected chi connectivity index (χ1v) is 7.21. The Kier molecular flexibility index (Phi) is 4.41. The molecule has 2 heteroatoms. The van der Waals surface area contributed by atoms with E-state index >= 15 is 0 Å². The first-order valence-electron chi connectivity index (χ1n) is 7.21. The Morgan fingerprint density at radius 1 is 1.33 bits per heavy atom. The molecule has 1 saturated heterocycles. The number of hydrogen-bond acceptors (Lipinski definition) is 2. The molecular weight excluding hydrogens is 220 g/mol. The van der Waals surface area contributed by atoms with Crippen LogP contribution in [0.15, 0.2) is 18.2 Å². The average Bonchev–Trinajstić information content (AvgIpc) is 2.34. The summed E-state index contributed by atoms with van der Waals surface area (Å²) >= 11 is 0. The number of hydrogen-bond donors (Lipinski definition) is 1. The molecule has 1 aromatic carbocycles. The zero-order valence-electron chi connectivity index (χ0n) is 11.9. The third kappa shape index (κ3) is 2.60. The van der Waals surface area contributed by atoms with Crippen LogP contribution in [-0.4, -0.2) is 24.0 Å². The second kappa shape index (κ2) is 5.85. The molecule has 0 aliphatic carbocycles. The van der Waals surface area contributed by atoms with Crippen LogP contribution >= 0.6 is 0 Å². The highest BCUT2D eigenvalue weighted by Gasteiger charge is 2.30. The Morgan fingerprint density at radius 3 is 2.83 bits per heavy atom. The van der Waals surface area contributed by atoms with Gasteiger partial charge in [-0.05, 0) is 62.9 Å². The zero-order chi connectivity index (χ0) is 13.1. The Morgan fingerprint density at radius 2 is 2.11 bits per heavy atom. The van der Waals surface area contributed by atoms with E-state index in [-0.39, 0.29) is 6.04 Å². The SMILES string of the molecule is CCCN1CCCC(N)C1c1cccc(C)c1C. The summed E-state index contributed by atoms with van der Waals surface area (Å²) in [6.07, 6.45) is 3.59. The van der Waals surface area contributed by atoms with Gasteiger partial charge in [-0.25, -0.2) is 0 Å². The van der Waals surface area contributed by atoms with Crippen LogP contribution in [0.4, 0.5) is 0 Å². The predicted octanol–water partition coefficient (Wildman–Crippen LogP) is 3.18. The van der Waals surface area contributed by atoms with Gasteiger partial charge in [0.15, 0.2) is 0 Å². The van der Waals surface area contributed by atoms with Crippen molar-refractivity contribution in [2.75, 3.05) is 13.1 Å². The second-order valence-electron chi connectivity index (χ2n) is 5.58. The van der Waals surface area contributed by atoms with Crippen molar-refractivity contribution in [2.45, 2.75) is 52.1 Å². The highest BCUT2D eigenvalue weighted by atomic mass is 15.2. The van der Waals surface area contributed by atoms with E-state index in [9.17, 15) is 0 Å². The molecule has 0 amide bonds. The molecule has 2 nitrogen and oxygen atoms in total. The van der Waals surface area contributed by atoms with Crippen molar-refractivity contribution in [3.05, 3.63) is 34.9 Å². The fourth-order valence-electron chi connectivity index (χ4n) is 3.16. The largest absolute Gasteiger partial charge is 0.326 e. The highest BCUT2D eigenvalue weighted by molar-refractivity contribution is 5.36. The molecule has 0 spiro atoms. The molecule has 2 unspecified atom stereocenters. The molecule has 0 bridgehead atoms. The third-order valence-electron chi connectivity index (χ3n) is 4.26. The highest BCUT2D eigenvalue weighted by Crippen LogP contribution is 2.32. The predicted molar refractivity (Wildman–Crippen MR) is 77.7 cm³/mol. The van der Waals surface area contributed by atoms with Crippen molar-refractivity contribution in [1.29, 1.82) is 0 Å². The molecule has 0 saturated carbocycles. The van der Waals surface area contributed by atoms with Crippen molar-refractivity contribution < 1.29 is 0 Å². The second-order valence-corrected chi connectivity index (χ2v) is 5.58. The van der Waals surface area contributed by atoms with Crippen molar-refractivity contribution in [3.8, 4) is 0 Å². The van der Waals surface area contributed by atoms with Gasteiger partial charge in [0.2, 0.25) is 0 Å². The van der Waals surface area contributed by atoms with E-state index < -0.39 is 0 Å². The van der Waals surface area contributed by atoms with Crippen LogP contribution in [0.25, 0.3) is 0 Å². The lowest BCUT2D eigenvalue weighted by Crippen LogP contribution is -2.46. The van der Waals surface area contributed by atoms with Gasteiger partial charge in [0, 0.05) is 6.04 Å². The van der Waals surface area contributed by atoms with Crippen LogP contribution in [0.2, 0.25) is 0 Å². The lowest BCUT2D eigenvalue weighted by molar-refractivity contribution is 0.128. The quantitative estimate of drug-likeness (QED) is 0.887. The number of nitrogens with two attached hydrogens (primary N) is 1. The standard InChI is InChI=1S/C16H26N2/c1-4-10-18-11-6-9-15(17)16(18)14-8-5-7-12(2)13(14)3/h5,7-8,15-16H,4,6,9-11,17H2,1-3H3. The average molecular weight is 246 g/mol. The normalized spacial score (nSPS) is 25.3. The molecule has 1 heterocycles. The molecule has 2 atom stereocenters. The topological polar surface area (TPSA) is 29.3 Å². The van der Waals surface area contributed by atoms with E-state index in [0.29, 0.717) is 6.04 Å². The maximum Gasteiger partial charge on any atom is 0.0501 e. The van der Waals surface area contributed by atoms with Crippen LogP contribution < -0.4 is 5.73 Å². The van der Waals surface area contributed by atoms with Crippen LogP contribution in [0.3, 0.4) is 0 Å². The van der Waals surface area contributed by atoms with Crippen LogP contribution in [0.5, 0.6) is 0 Å². The molecule has 0 aromatic heterocycles. The summed E-state index contributed by atoms with van der Waals surface area (Å²) < 4.78 is 0. The van der Waals surface area contributed by atoms with Gasteiger partial charge in [0.25, 0.3) is 0 Å². The summed E-state index contributed by atoms with van der Waals surface area (Å²) in [5, 5.41) is 0. The summed E-state index contributed by atoms with van der Waals surface area (Å²) in [7, 11) is 0. The maximum atomic E-state index is 6.41. The summed E-state index contributed by atoms with van der Waals surface area (Å²) in [6.45, 7) is 9.03. The molecule has 100 valence electrons. The van der Waals surface area contributed by atoms with Crippen LogP contribution in [0, 0.1) is 13.8 Å². The van der Waals surface area contributed by atoms with Gasteiger partial charge in [0.1, 0.15) is 0 Å². The molecule has 1 aliphatic rings. The fraction of sp³-hybridized carbons (Fsp3) is 0.625. The summed E-state index contributed by atoms with van der Waals surface area (Å²) in [4.78, 5) is 2.58. The van der Waals surface area contributed by atoms with E-state index in [1.54, 1.807) is 0 Å². The first-order chi connectivity index (χ1) is 8.65. The smallest absolute Gasteiger partial charge is 0.0501 e. The van der Waals surface area contributed by atoms with Crippen LogP contribution in [0.1, 0.15) is 48.9 Å². The van der Waals surface area contributed by atoms with Crippen molar-refractivity contribution in [1.82, 2.24) is 4.90 Å². The molecule has 1 aliphatic heterocycles. The van der Waals surface area contributed by atoms with Crippen molar-refractivity contribution in [3.63, 3.8) is 0 Å². The van der Waals surface area contributed by atoms with Crippen molar-refractivity contribution >= 4 is 0 Å².